The number of rotatable bonds is 13. The lowest BCUT2D eigenvalue weighted by molar-refractivity contribution is 0.0526. The highest BCUT2D eigenvalue weighted by Crippen LogP contribution is 2.24. The molecule has 0 unspecified atom stereocenters. The molecule has 0 aliphatic carbocycles. The van der Waals surface area contributed by atoms with E-state index in [1.54, 1.807) is 13.3 Å². The molecule has 0 aliphatic heterocycles. The summed E-state index contributed by atoms with van der Waals surface area (Å²) >= 11 is 0. The van der Waals surface area contributed by atoms with Crippen LogP contribution in [-0.4, -0.2) is 65.8 Å². The van der Waals surface area contributed by atoms with Gasteiger partial charge in [0.25, 0.3) is 11.9 Å². The molecule has 0 radical (unpaired) electrons. The summed E-state index contributed by atoms with van der Waals surface area (Å²) in [5.74, 6) is 0.0848. The fraction of sp³-hybridized carbons (Fsp3) is 0.312. The van der Waals surface area contributed by atoms with Crippen molar-refractivity contribution in [2.24, 2.45) is 0 Å². The van der Waals surface area contributed by atoms with Gasteiger partial charge in [-0.25, -0.2) is 14.5 Å². The first-order valence-electron chi connectivity index (χ1n) is 14.5. The van der Waals surface area contributed by atoms with Crippen molar-refractivity contribution in [1.29, 1.82) is 0 Å². The molecule has 222 valence electrons. The molecular weight excluding hydrogens is 546 g/mol. The van der Waals surface area contributed by atoms with E-state index in [1.165, 1.54) is 17.1 Å². The van der Waals surface area contributed by atoms with E-state index in [-0.39, 0.29) is 30.6 Å². The van der Waals surface area contributed by atoms with E-state index in [0.29, 0.717) is 29.2 Å². The number of hydrogen-bond donors (Lipinski definition) is 0. The van der Waals surface area contributed by atoms with Gasteiger partial charge in [0.1, 0.15) is 6.61 Å². The van der Waals surface area contributed by atoms with Gasteiger partial charge >= 0.3 is 5.97 Å². The lowest BCUT2D eigenvalue weighted by Gasteiger charge is -2.21. The summed E-state index contributed by atoms with van der Waals surface area (Å²) in [5, 5.41) is 4.29. The van der Waals surface area contributed by atoms with Crippen LogP contribution < -0.4 is 4.74 Å². The first-order valence-corrected chi connectivity index (χ1v) is 14.5. The lowest BCUT2D eigenvalue weighted by Crippen LogP contribution is -2.32. The first kappa shape index (κ1) is 29.4. The highest BCUT2D eigenvalue weighted by Gasteiger charge is 2.19. The number of carbonyl (C=O) groups is 2. The van der Waals surface area contributed by atoms with E-state index in [9.17, 15) is 9.59 Å². The van der Waals surface area contributed by atoms with Crippen molar-refractivity contribution in [3.05, 3.63) is 95.6 Å². The molecule has 2 aromatic carbocycles. The zero-order valence-electron chi connectivity index (χ0n) is 24.6. The molecule has 1 amide bonds. The molecule has 5 rings (SSSR count). The fourth-order valence-corrected chi connectivity index (χ4v) is 4.69. The third-order valence-electron chi connectivity index (χ3n) is 6.77. The van der Waals surface area contributed by atoms with Crippen LogP contribution in [0.1, 0.15) is 65.5 Å². The van der Waals surface area contributed by atoms with Gasteiger partial charge in [-0.2, -0.15) is 15.1 Å². The number of nitrogens with zero attached hydrogens (tertiary/aromatic N) is 7. The second-order valence-corrected chi connectivity index (χ2v) is 10.0. The average Bonchev–Trinajstić information content (AvgIpc) is 3.69. The molecule has 11 nitrogen and oxygen atoms in total. The van der Waals surface area contributed by atoms with Crippen molar-refractivity contribution in [3.63, 3.8) is 0 Å². The van der Waals surface area contributed by atoms with Gasteiger partial charge < -0.3 is 18.9 Å². The maximum Gasteiger partial charge on any atom is 0.341 e. The Morgan fingerprint density at radius 2 is 1.63 bits per heavy atom. The van der Waals surface area contributed by atoms with Crippen molar-refractivity contribution >= 4 is 23.0 Å². The second-order valence-electron chi connectivity index (χ2n) is 10.0. The number of ether oxygens (including phenoxy) is 2. The summed E-state index contributed by atoms with van der Waals surface area (Å²) < 4.78 is 14.5. The van der Waals surface area contributed by atoms with Crippen LogP contribution in [0, 0.1) is 0 Å². The summed E-state index contributed by atoms with van der Waals surface area (Å²) in [6, 6.07) is 17.4. The molecule has 5 aromatic rings. The Labute approximate surface area is 250 Å². The van der Waals surface area contributed by atoms with Crippen LogP contribution in [0.4, 0.5) is 0 Å². The molecular formula is C32H35N7O4. The summed E-state index contributed by atoms with van der Waals surface area (Å²) in [7, 11) is 0. The Bertz CT molecular complexity index is 1670. The molecule has 3 aromatic heterocycles. The van der Waals surface area contributed by atoms with E-state index in [1.807, 2.05) is 64.1 Å². The molecule has 0 saturated heterocycles. The van der Waals surface area contributed by atoms with Gasteiger partial charge in [-0.3, -0.25) is 4.79 Å². The Hall–Kier alpha value is -5.06. The third kappa shape index (κ3) is 6.88. The Balaban J connectivity index is 1.45. The van der Waals surface area contributed by atoms with Crippen molar-refractivity contribution in [1.82, 2.24) is 34.2 Å². The van der Waals surface area contributed by atoms with Crippen LogP contribution in [0.15, 0.2) is 73.3 Å². The quantitative estimate of drug-likeness (QED) is 0.177. The van der Waals surface area contributed by atoms with Gasteiger partial charge in [0.05, 0.1) is 31.2 Å². The number of fused-ring (bicyclic) bond motifs is 1. The smallest absolute Gasteiger partial charge is 0.341 e. The lowest BCUT2D eigenvalue weighted by atomic mass is 10.1. The van der Waals surface area contributed by atoms with Crippen LogP contribution in [0.5, 0.6) is 5.88 Å². The van der Waals surface area contributed by atoms with Crippen molar-refractivity contribution in [2.75, 3.05) is 19.7 Å². The molecule has 0 atom stereocenters. The van der Waals surface area contributed by atoms with Gasteiger partial charge in [0.15, 0.2) is 11.2 Å². The van der Waals surface area contributed by atoms with Crippen LogP contribution in [0.2, 0.25) is 0 Å². The largest absolute Gasteiger partial charge is 0.471 e. The predicted molar refractivity (Wildman–Crippen MR) is 161 cm³/mol. The van der Waals surface area contributed by atoms with Gasteiger partial charge in [-0.05, 0) is 43.0 Å². The summed E-state index contributed by atoms with van der Waals surface area (Å²) in [6.07, 6.45) is 6.46. The van der Waals surface area contributed by atoms with Crippen LogP contribution >= 0.6 is 0 Å². The van der Waals surface area contributed by atoms with E-state index in [4.69, 9.17) is 14.5 Å². The SMILES string of the molecule is CCCN(CCC)C(=O)c1ccc(Cn2cnc3c(OCc4ccccc4)nc(-n4cc(C(=O)OCC)cn4)nc32)cc1. The van der Waals surface area contributed by atoms with Gasteiger partial charge in [-0.15, -0.1) is 0 Å². The van der Waals surface area contributed by atoms with E-state index in [0.717, 1.165) is 37.1 Å². The van der Waals surface area contributed by atoms with Gasteiger partial charge in [-0.1, -0.05) is 56.3 Å². The van der Waals surface area contributed by atoms with E-state index in [2.05, 4.69) is 28.9 Å². The van der Waals surface area contributed by atoms with Crippen molar-refractivity contribution < 1.29 is 19.1 Å². The minimum absolute atomic E-state index is 0.0438. The molecule has 0 saturated carbocycles. The minimum Gasteiger partial charge on any atom is -0.471 e. The van der Waals surface area contributed by atoms with E-state index < -0.39 is 5.97 Å². The molecule has 3 heterocycles. The monoisotopic (exact) mass is 581 g/mol. The number of imidazole rings is 1. The van der Waals surface area contributed by atoms with Crippen LogP contribution in [0.3, 0.4) is 0 Å². The fourth-order valence-electron chi connectivity index (χ4n) is 4.69. The summed E-state index contributed by atoms with van der Waals surface area (Å²) in [5.41, 5.74) is 3.95. The van der Waals surface area contributed by atoms with Gasteiger partial charge in [0.2, 0.25) is 5.88 Å². The van der Waals surface area contributed by atoms with Crippen LogP contribution in [-0.2, 0) is 17.9 Å². The molecule has 43 heavy (non-hydrogen) atoms. The van der Waals surface area contributed by atoms with Crippen LogP contribution in [0.25, 0.3) is 17.1 Å². The Morgan fingerprint density at radius 3 is 2.33 bits per heavy atom. The number of amides is 1. The number of carbonyl (C=O) groups excluding carboxylic acids is 2. The molecule has 0 aliphatic rings. The van der Waals surface area contributed by atoms with Gasteiger partial charge in [0, 0.05) is 24.8 Å². The number of benzene rings is 2. The second kappa shape index (κ2) is 13.7. The molecule has 11 heteroatoms. The third-order valence-corrected chi connectivity index (χ3v) is 6.77. The standard InChI is InChI=1S/C32H35N7O4/c1-4-16-37(17-5-2)30(40)25-14-12-23(13-15-25)19-38-22-33-27-28(38)35-32(39-20-26(18-34-39)31(41)42-6-3)36-29(27)43-21-24-10-8-7-9-11-24/h7-15,18,20,22H,4-6,16-17,19,21H2,1-3H3. The minimum atomic E-state index is -0.477. The first-order chi connectivity index (χ1) is 21.0. The highest BCUT2D eigenvalue weighted by molar-refractivity contribution is 5.94. The topological polar surface area (TPSA) is 117 Å². The summed E-state index contributed by atoms with van der Waals surface area (Å²) in [4.78, 5) is 41.1. The maximum absolute atomic E-state index is 13.0. The number of aromatic nitrogens is 6. The zero-order valence-corrected chi connectivity index (χ0v) is 24.6. The molecule has 0 fully saturated rings. The summed E-state index contributed by atoms with van der Waals surface area (Å²) in [6.45, 7) is 8.38. The molecule has 0 bridgehead atoms. The van der Waals surface area contributed by atoms with Crippen molar-refractivity contribution in [3.8, 4) is 11.8 Å². The molecule has 0 spiro atoms. The van der Waals surface area contributed by atoms with E-state index >= 15 is 0 Å². The molecule has 0 N–H and O–H groups in total. The normalized spacial score (nSPS) is 11.0. The Morgan fingerprint density at radius 1 is 0.884 bits per heavy atom. The number of esters is 1. The zero-order chi connectivity index (χ0) is 30.2. The predicted octanol–water partition coefficient (Wildman–Crippen LogP) is 5.08. The highest BCUT2D eigenvalue weighted by atomic mass is 16.5. The van der Waals surface area contributed by atoms with Crippen molar-refractivity contribution in [2.45, 2.75) is 46.8 Å². The maximum atomic E-state index is 13.0. The number of hydrogen-bond acceptors (Lipinski definition) is 8. The average molecular weight is 582 g/mol. The Kier molecular flexibility index (Phi) is 9.40.